The van der Waals surface area contributed by atoms with Gasteiger partial charge < -0.3 is 4.74 Å². The first kappa shape index (κ1) is 10.7. The molecule has 0 aliphatic carbocycles. The van der Waals surface area contributed by atoms with Crippen LogP contribution in [-0.2, 0) is 0 Å². The maximum Gasteiger partial charge on any atom is 0.148 e. The Labute approximate surface area is 86.1 Å². The lowest BCUT2D eigenvalue weighted by molar-refractivity contribution is 0.370. The first-order valence-corrected chi connectivity index (χ1v) is 4.82. The lowest BCUT2D eigenvalue weighted by Crippen LogP contribution is -1.96. The van der Waals surface area contributed by atoms with E-state index in [1.54, 1.807) is 0 Å². The maximum atomic E-state index is 5.33. The van der Waals surface area contributed by atoms with Crippen LogP contribution in [-0.4, -0.2) is 6.61 Å². The van der Waals surface area contributed by atoms with E-state index in [-0.39, 0.29) is 0 Å². The Morgan fingerprint density at radius 2 is 2.14 bits per heavy atom. The van der Waals surface area contributed by atoms with Crippen molar-refractivity contribution in [3.63, 3.8) is 0 Å². The highest BCUT2D eigenvalue weighted by Crippen LogP contribution is 2.23. The van der Waals surface area contributed by atoms with Crippen LogP contribution in [0.25, 0.3) is 0 Å². The van der Waals surface area contributed by atoms with E-state index < -0.39 is 0 Å². The Bertz CT molecular complexity index is 345. The highest BCUT2D eigenvalue weighted by Gasteiger charge is 2.03. The summed E-state index contributed by atoms with van der Waals surface area (Å²) in [5.74, 6) is 3.85. The van der Waals surface area contributed by atoms with Crippen LogP contribution in [0.2, 0.25) is 0 Å². The van der Waals surface area contributed by atoms with Crippen molar-refractivity contribution in [2.45, 2.75) is 26.7 Å². The maximum absolute atomic E-state index is 5.33. The van der Waals surface area contributed by atoms with Crippen molar-refractivity contribution in [1.82, 2.24) is 0 Å². The van der Waals surface area contributed by atoms with Gasteiger partial charge in [0.1, 0.15) is 12.4 Å². The molecule has 0 aromatic heterocycles. The fraction of sp³-hybridized carbons (Fsp3) is 0.385. The van der Waals surface area contributed by atoms with E-state index >= 15 is 0 Å². The van der Waals surface area contributed by atoms with E-state index in [0.717, 1.165) is 5.75 Å². The summed E-state index contributed by atoms with van der Waals surface area (Å²) in [7, 11) is 0. The third-order valence-electron chi connectivity index (χ3n) is 2.19. The molecule has 0 aliphatic heterocycles. The number of hydrogen-bond acceptors (Lipinski definition) is 1. The molecule has 1 heteroatoms. The third kappa shape index (κ3) is 2.53. The molecule has 0 aliphatic rings. The van der Waals surface area contributed by atoms with Crippen LogP contribution in [0, 0.1) is 19.3 Å². The van der Waals surface area contributed by atoms with Crippen molar-refractivity contribution in [3.05, 3.63) is 29.3 Å². The SMILES string of the molecule is C#CCOc1ccc(C(C)C)c(C)c1. The van der Waals surface area contributed by atoms with Crippen LogP contribution in [0.3, 0.4) is 0 Å². The third-order valence-corrected chi connectivity index (χ3v) is 2.19. The largest absolute Gasteiger partial charge is 0.481 e. The van der Waals surface area contributed by atoms with Crippen molar-refractivity contribution in [3.8, 4) is 18.1 Å². The van der Waals surface area contributed by atoms with Gasteiger partial charge in [-0.3, -0.25) is 0 Å². The highest BCUT2D eigenvalue weighted by atomic mass is 16.5. The summed E-state index contributed by atoms with van der Waals surface area (Å²) in [5.41, 5.74) is 2.62. The van der Waals surface area contributed by atoms with E-state index in [4.69, 9.17) is 11.2 Å². The molecule has 0 atom stereocenters. The summed E-state index contributed by atoms with van der Waals surface area (Å²) < 4.78 is 5.33. The van der Waals surface area contributed by atoms with Crippen molar-refractivity contribution in [1.29, 1.82) is 0 Å². The Balaban J connectivity index is 2.85. The van der Waals surface area contributed by atoms with Crippen LogP contribution in [0.1, 0.15) is 30.9 Å². The number of terminal acetylenes is 1. The van der Waals surface area contributed by atoms with Crippen molar-refractivity contribution in [2.24, 2.45) is 0 Å². The zero-order chi connectivity index (χ0) is 10.6. The highest BCUT2D eigenvalue weighted by molar-refractivity contribution is 5.36. The van der Waals surface area contributed by atoms with Gasteiger partial charge in [-0.25, -0.2) is 0 Å². The predicted octanol–water partition coefficient (Wildman–Crippen LogP) is 3.13. The molecule has 0 fully saturated rings. The number of hydrogen-bond donors (Lipinski definition) is 0. The summed E-state index contributed by atoms with van der Waals surface area (Å²) in [6.45, 7) is 6.80. The smallest absolute Gasteiger partial charge is 0.148 e. The topological polar surface area (TPSA) is 9.23 Å². The van der Waals surface area contributed by atoms with Gasteiger partial charge in [0.2, 0.25) is 0 Å². The van der Waals surface area contributed by atoms with Gasteiger partial charge in [-0.2, -0.15) is 0 Å². The van der Waals surface area contributed by atoms with E-state index in [1.807, 2.05) is 12.1 Å². The molecule has 1 aromatic carbocycles. The van der Waals surface area contributed by atoms with E-state index in [9.17, 15) is 0 Å². The molecular formula is C13H16O. The molecule has 0 radical (unpaired) electrons. The molecule has 74 valence electrons. The van der Waals surface area contributed by atoms with Gasteiger partial charge in [0.15, 0.2) is 0 Å². The first-order valence-electron chi connectivity index (χ1n) is 4.82. The van der Waals surface area contributed by atoms with E-state index in [1.165, 1.54) is 11.1 Å². The molecule has 0 spiro atoms. The minimum Gasteiger partial charge on any atom is -0.481 e. The zero-order valence-corrected chi connectivity index (χ0v) is 9.00. The molecule has 0 amide bonds. The van der Waals surface area contributed by atoms with Gasteiger partial charge in [-0.1, -0.05) is 25.8 Å². The Hall–Kier alpha value is -1.42. The van der Waals surface area contributed by atoms with Crippen molar-refractivity contribution < 1.29 is 4.74 Å². The molecule has 0 saturated carbocycles. The van der Waals surface area contributed by atoms with Gasteiger partial charge in [0.25, 0.3) is 0 Å². The second-order valence-electron chi connectivity index (χ2n) is 3.67. The molecule has 0 bridgehead atoms. The normalized spacial score (nSPS) is 9.93. The van der Waals surface area contributed by atoms with Gasteiger partial charge in [0, 0.05) is 0 Å². The Morgan fingerprint density at radius 3 is 2.64 bits per heavy atom. The predicted molar refractivity (Wildman–Crippen MR) is 59.6 cm³/mol. The average molecular weight is 188 g/mol. The van der Waals surface area contributed by atoms with Crippen LogP contribution in [0.5, 0.6) is 5.75 Å². The van der Waals surface area contributed by atoms with Gasteiger partial charge in [0.05, 0.1) is 0 Å². The first-order chi connectivity index (χ1) is 6.65. The van der Waals surface area contributed by atoms with Crippen molar-refractivity contribution in [2.75, 3.05) is 6.61 Å². The van der Waals surface area contributed by atoms with Crippen LogP contribution < -0.4 is 4.74 Å². The minimum atomic E-state index is 0.334. The second kappa shape index (κ2) is 4.72. The molecule has 0 N–H and O–H groups in total. The monoisotopic (exact) mass is 188 g/mol. The van der Waals surface area contributed by atoms with Crippen molar-refractivity contribution >= 4 is 0 Å². The summed E-state index contributed by atoms with van der Waals surface area (Å²) in [6.07, 6.45) is 5.12. The van der Waals surface area contributed by atoms with Gasteiger partial charge >= 0.3 is 0 Å². The van der Waals surface area contributed by atoms with Gasteiger partial charge in [-0.15, -0.1) is 6.42 Å². The standard InChI is InChI=1S/C13H16O/c1-5-8-14-12-6-7-13(10(2)3)11(4)9-12/h1,6-7,9-10H,8H2,2-4H3. The summed E-state index contributed by atoms with van der Waals surface area (Å²) in [6, 6.07) is 6.11. The number of benzene rings is 1. The van der Waals surface area contributed by atoms with Crippen LogP contribution >= 0.6 is 0 Å². The lowest BCUT2D eigenvalue weighted by atomic mass is 9.98. The summed E-state index contributed by atoms with van der Waals surface area (Å²) in [5, 5.41) is 0. The molecule has 14 heavy (non-hydrogen) atoms. The average Bonchev–Trinajstić information content (AvgIpc) is 2.14. The summed E-state index contributed by atoms with van der Waals surface area (Å²) >= 11 is 0. The van der Waals surface area contributed by atoms with Gasteiger partial charge in [-0.05, 0) is 36.1 Å². The Morgan fingerprint density at radius 1 is 1.43 bits per heavy atom. The minimum absolute atomic E-state index is 0.334. The lowest BCUT2D eigenvalue weighted by Gasteiger charge is -2.11. The van der Waals surface area contributed by atoms with E-state index in [2.05, 4.69) is 32.8 Å². The molecule has 1 rings (SSSR count). The number of aryl methyl sites for hydroxylation is 1. The molecule has 1 aromatic rings. The van der Waals surface area contributed by atoms with E-state index in [0.29, 0.717) is 12.5 Å². The molecule has 0 unspecified atom stereocenters. The summed E-state index contributed by atoms with van der Waals surface area (Å²) in [4.78, 5) is 0. The fourth-order valence-corrected chi connectivity index (χ4v) is 1.51. The molecule has 1 nitrogen and oxygen atoms in total. The van der Waals surface area contributed by atoms with Crippen LogP contribution in [0.15, 0.2) is 18.2 Å². The molecule has 0 saturated heterocycles. The second-order valence-corrected chi connectivity index (χ2v) is 3.67. The number of ether oxygens (including phenoxy) is 1. The quantitative estimate of drug-likeness (QED) is 0.662. The Kier molecular flexibility index (Phi) is 3.59. The zero-order valence-electron chi connectivity index (χ0n) is 9.00. The fourth-order valence-electron chi connectivity index (χ4n) is 1.51. The molecule has 0 heterocycles. The van der Waals surface area contributed by atoms with Crippen LogP contribution in [0.4, 0.5) is 0 Å². The number of rotatable bonds is 3. The molecular weight excluding hydrogens is 172 g/mol.